The van der Waals surface area contributed by atoms with Gasteiger partial charge >= 0.3 is 5.97 Å². The molecule has 0 heterocycles. The largest absolute Gasteiger partial charge is 0.508 e. The number of hydrogen-bond donors (Lipinski definition) is 3. The van der Waals surface area contributed by atoms with Crippen molar-refractivity contribution in [3.05, 3.63) is 42.0 Å². The van der Waals surface area contributed by atoms with E-state index < -0.39 is 12.0 Å². The zero-order valence-electron chi connectivity index (χ0n) is 15.6. The minimum absolute atomic E-state index is 0.123. The number of phenols is 1. The highest BCUT2D eigenvalue weighted by Crippen LogP contribution is 2.12. The van der Waals surface area contributed by atoms with Crippen LogP contribution in [0.5, 0.6) is 5.75 Å². The third-order valence-corrected chi connectivity index (χ3v) is 4.23. The second-order valence-electron chi connectivity index (χ2n) is 6.58. The van der Waals surface area contributed by atoms with Crippen molar-refractivity contribution >= 4 is 11.9 Å². The van der Waals surface area contributed by atoms with Crippen LogP contribution in [0.3, 0.4) is 0 Å². The molecule has 0 spiro atoms. The van der Waals surface area contributed by atoms with Crippen molar-refractivity contribution < 1.29 is 19.8 Å². The molecular weight excluding hydrogens is 330 g/mol. The molecule has 1 amide bonds. The number of phenolic OH excluding ortho intramolecular Hbond substituents is 1. The van der Waals surface area contributed by atoms with Gasteiger partial charge in [-0.2, -0.15) is 0 Å². The minimum atomic E-state index is -1.08. The molecule has 0 aliphatic heterocycles. The minimum Gasteiger partial charge on any atom is -0.508 e. The van der Waals surface area contributed by atoms with Gasteiger partial charge in [-0.15, -0.1) is 0 Å². The molecule has 0 saturated carbocycles. The van der Waals surface area contributed by atoms with Gasteiger partial charge in [0.25, 0.3) is 0 Å². The highest BCUT2D eigenvalue weighted by Gasteiger charge is 2.19. The van der Waals surface area contributed by atoms with Gasteiger partial charge in [-0.3, -0.25) is 4.79 Å². The molecule has 0 radical (unpaired) electrons. The molecular formula is C21H31NO4. The molecule has 0 unspecified atom stereocenters. The first kappa shape index (κ1) is 21.7. The van der Waals surface area contributed by atoms with Crippen LogP contribution in [0.25, 0.3) is 0 Å². The first-order valence-electron chi connectivity index (χ1n) is 9.50. The van der Waals surface area contributed by atoms with Crippen LogP contribution >= 0.6 is 0 Å². The number of carbonyl (C=O) groups excluding carboxylic acids is 1. The Labute approximate surface area is 156 Å². The fourth-order valence-electron chi connectivity index (χ4n) is 2.70. The molecule has 0 bridgehead atoms. The van der Waals surface area contributed by atoms with Crippen LogP contribution in [0.1, 0.15) is 63.9 Å². The number of allylic oxidation sites excluding steroid dienone is 1. The summed E-state index contributed by atoms with van der Waals surface area (Å²) in [6.07, 6.45) is 12.8. The van der Waals surface area contributed by atoms with Gasteiger partial charge in [-0.1, -0.05) is 63.7 Å². The monoisotopic (exact) mass is 361 g/mol. The number of rotatable bonds is 13. The summed E-state index contributed by atoms with van der Waals surface area (Å²) >= 11 is 0. The van der Waals surface area contributed by atoms with Crippen molar-refractivity contribution in [2.24, 2.45) is 0 Å². The second-order valence-corrected chi connectivity index (χ2v) is 6.58. The SMILES string of the molecule is CCCCCCCCCC=CC(=O)N[C@@H](Cc1ccc(O)cc1)C(=O)O. The van der Waals surface area contributed by atoms with Gasteiger partial charge in [0.05, 0.1) is 0 Å². The summed E-state index contributed by atoms with van der Waals surface area (Å²) in [6.45, 7) is 2.20. The maximum Gasteiger partial charge on any atom is 0.326 e. The summed E-state index contributed by atoms with van der Waals surface area (Å²) < 4.78 is 0. The Kier molecular flexibility index (Phi) is 10.9. The molecule has 1 aromatic rings. The molecule has 1 aromatic carbocycles. The average Bonchev–Trinajstić information content (AvgIpc) is 2.61. The fraction of sp³-hybridized carbons (Fsp3) is 0.524. The Balaban J connectivity index is 2.29. The molecule has 0 aliphatic rings. The van der Waals surface area contributed by atoms with E-state index >= 15 is 0 Å². The lowest BCUT2D eigenvalue weighted by Crippen LogP contribution is -2.41. The Morgan fingerprint density at radius 1 is 1.04 bits per heavy atom. The predicted octanol–water partition coefficient (Wildman–Crippen LogP) is 4.20. The first-order chi connectivity index (χ1) is 12.5. The van der Waals surface area contributed by atoms with E-state index in [-0.39, 0.29) is 18.1 Å². The molecule has 1 atom stereocenters. The van der Waals surface area contributed by atoms with Crippen molar-refractivity contribution in [2.75, 3.05) is 0 Å². The normalized spacial score (nSPS) is 12.2. The number of carbonyl (C=O) groups is 2. The molecule has 144 valence electrons. The highest BCUT2D eigenvalue weighted by atomic mass is 16.4. The van der Waals surface area contributed by atoms with Crippen LogP contribution < -0.4 is 5.32 Å². The van der Waals surface area contributed by atoms with Gasteiger partial charge in [0.1, 0.15) is 11.8 Å². The van der Waals surface area contributed by atoms with Gasteiger partial charge in [-0.05, 0) is 36.6 Å². The van der Waals surface area contributed by atoms with Crippen molar-refractivity contribution in [3.8, 4) is 5.75 Å². The van der Waals surface area contributed by atoms with Crippen molar-refractivity contribution in [1.29, 1.82) is 0 Å². The maximum absolute atomic E-state index is 11.9. The Morgan fingerprint density at radius 3 is 2.27 bits per heavy atom. The number of aliphatic carboxylic acids is 1. The lowest BCUT2D eigenvalue weighted by atomic mass is 10.1. The van der Waals surface area contributed by atoms with Crippen LogP contribution in [0.2, 0.25) is 0 Å². The maximum atomic E-state index is 11.9. The van der Waals surface area contributed by atoms with E-state index in [2.05, 4.69) is 12.2 Å². The van der Waals surface area contributed by atoms with E-state index in [1.807, 2.05) is 0 Å². The van der Waals surface area contributed by atoms with Gasteiger partial charge < -0.3 is 15.5 Å². The van der Waals surface area contributed by atoms with Crippen molar-refractivity contribution in [2.45, 2.75) is 70.8 Å². The van der Waals surface area contributed by atoms with Gasteiger partial charge in [0.2, 0.25) is 5.91 Å². The first-order valence-corrected chi connectivity index (χ1v) is 9.50. The average molecular weight is 361 g/mol. The van der Waals surface area contributed by atoms with Crippen molar-refractivity contribution in [1.82, 2.24) is 5.32 Å². The number of carboxylic acid groups (broad SMARTS) is 1. The smallest absolute Gasteiger partial charge is 0.326 e. The Hall–Kier alpha value is -2.30. The van der Waals surface area contributed by atoms with Gasteiger partial charge in [-0.25, -0.2) is 4.79 Å². The molecule has 0 fully saturated rings. The second kappa shape index (κ2) is 13.0. The lowest BCUT2D eigenvalue weighted by molar-refractivity contribution is -0.141. The summed E-state index contributed by atoms with van der Waals surface area (Å²) in [5, 5.41) is 21.1. The topological polar surface area (TPSA) is 86.6 Å². The number of benzene rings is 1. The predicted molar refractivity (Wildman–Crippen MR) is 103 cm³/mol. The number of unbranched alkanes of at least 4 members (excludes halogenated alkanes) is 7. The Bertz CT molecular complexity index is 566. The molecule has 5 heteroatoms. The summed E-state index contributed by atoms with van der Waals surface area (Å²) in [4.78, 5) is 23.2. The third-order valence-electron chi connectivity index (χ3n) is 4.23. The number of aromatic hydroxyl groups is 1. The Morgan fingerprint density at radius 2 is 1.65 bits per heavy atom. The molecule has 5 nitrogen and oxygen atoms in total. The summed E-state index contributed by atoms with van der Waals surface area (Å²) in [5.41, 5.74) is 0.738. The van der Waals surface area contributed by atoms with Crippen LogP contribution in [-0.2, 0) is 16.0 Å². The summed E-state index contributed by atoms with van der Waals surface area (Å²) in [6, 6.07) is 5.30. The van der Waals surface area contributed by atoms with E-state index in [0.29, 0.717) is 0 Å². The van der Waals surface area contributed by atoms with Crippen molar-refractivity contribution in [3.63, 3.8) is 0 Å². The molecule has 3 N–H and O–H groups in total. The van der Waals surface area contributed by atoms with E-state index in [0.717, 1.165) is 24.8 Å². The number of hydrogen-bond acceptors (Lipinski definition) is 3. The van der Waals surface area contributed by atoms with E-state index in [1.165, 1.54) is 50.3 Å². The third kappa shape index (κ3) is 9.87. The number of carboxylic acids is 1. The highest BCUT2D eigenvalue weighted by molar-refractivity contribution is 5.91. The molecule has 0 aromatic heterocycles. The van der Waals surface area contributed by atoms with Crippen LogP contribution in [0, 0.1) is 0 Å². The summed E-state index contributed by atoms with van der Waals surface area (Å²) in [5.74, 6) is -1.34. The van der Waals surface area contributed by atoms with E-state index in [4.69, 9.17) is 0 Å². The summed E-state index contributed by atoms with van der Waals surface area (Å²) in [7, 11) is 0. The van der Waals surface area contributed by atoms with E-state index in [9.17, 15) is 19.8 Å². The number of nitrogens with one attached hydrogen (secondary N) is 1. The van der Waals surface area contributed by atoms with Gasteiger partial charge in [0.15, 0.2) is 0 Å². The lowest BCUT2D eigenvalue weighted by Gasteiger charge is -2.13. The molecule has 0 saturated heterocycles. The van der Waals surface area contributed by atoms with Gasteiger partial charge in [0, 0.05) is 6.42 Å². The molecule has 26 heavy (non-hydrogen) atoms. The zero-order chi connectivity index (χ0) is 19.2. The fourth-order valence-corrected chi connectivity index (χ4v) is 2.70. The zero-order valence-corrected chi connectivity index (χ0v) is 15.6. The van der Waals surface area contributed by atoms with E-state index in [1.54, 1.807) is 18.2 Å². The molecule has 1 rings (SSSR count). The van der Waals surface area contributed by atoms with Crippen LogP contribution in [0.4, 0.5) is 0 Å². The van der Waals surface area contributed by atoms with Crippen LogP contribution in [0.15, 0.2) is 36.4 Å². The number of amides is 1. The molecule has 0 aliphatic carbocycles. The van der Waals surface area contributed by atoms with Crippen LogP contribution in [-0.4, -0.2) is 28.1 Å². The standard InChI is InChI=1S/C21H31NO4/c1-2-3-4-5-6-7-8-9-10-11-20(24)22-19(21(25)26)16-17-12-14-18(23)15-13-17/h10-15,19,23H,2-9,16H2,1H3,(H,22,24)(H,25,26)/t19-/m0/s1. The quantitative estimate of drug-likeness (QED) is 0.363.